The van der Waals surface area contributed by atoms with Gasteiger partial charge in [-0.1, -0.05) is 29.8 Å². The number of nitrogens with zero attached hydrogens (tertiary/aromatic N) is 5. The summed E-state index contributed by atoms with van der Waals surface area (Å²) in [5.74, 6) is 0.351. The van der Waals surface area contributed by atoms with Crippen molar-refractivity contribution in [2.24, 2.45) is 0 Å². The fourth-order valence-electron chi connectivity index (χ4n) is 3.25. The Balaban J connectivity index is 1.59. The van der Waals surface area contributed by atoms with Crippen molar-refractivity contribution in [1.29, 1.82) is 0 Å². The molecule has 3 aromatic heterocycles. The molecule has 0 atom stereocenters. The molecule has 8 heteroatoms. The van der Waals surface area contributed by atoms with Gasteiger partial charge in [-0.25, -0.2) is 14.2 Å². The van der Waals surface area contributed by atoms with Crippen LogP contribution in [0.25, 0.3) is 5.65 Å². The summed E-state index contributed by atoms with van der Waals surface area (Å²) in [5, 5.41) is 20.7. The van der Waals surface area contributed by atoms with Crippen molar-refractivity contribution in [3.63, 3.8) is 0 Å². The minimum Gasteiger partial charge on any atom is -0.396 e. The van der Waals surface area contributed by atoms with Gasteiger partial charge in [0.2, 0.25) is 0 Å². The van der Waals surface area contributed by atoms with Gasteiger partial charge in [-0.2, -0.15) is 10.2 Å². The molecule has 3 heterocycles. The fraction of sp³-hybridized carbons (Fsp3) is 0.238. The summed E-state index contributed by atoms with van der Waals surface area (Å²) in [6.45, 7) is 4.55. The van der Waals surface area contributed by atoms with Gasteiger partial charge in [0.15, 0.2) is 5.65 Å². The Labute approximate surface area is 167 Å². The van der Waals surface area contributed by atoms with Gasteiger partial charge in [-0.3, -0.25) is 4.79 Å². The number of carbonyl (C=O) groups excluding carboxylic acids is 1. The third kappa shape index (κ3) is 3.88. The summed E-state index contributed by atoms with van der Waals surface area (Å²) in [6.07, 6.45) is 7.14. The van der Waals surface area contributed by atoms with E-state index in [1.807, 2.05) is 32.0 Å². The van der Waals surface area contributed by atoms with E-state index < -0.39 is 0 Å². The molecule has 4 rings (SSSR count). The maximum absolute atomic E-state index is 12.9. The van der Waals surface area contributed by atoms with Crippen molar-refractivity contribution in [2.45, 2.75) is 26.8 Å². The van der Waals surface area contributed by atoms with Crippen LogP contribution in [0.3, 0.4) is 0 Å². The number of aliphatic hydroxyl groups excluding tert-OH is 1. The van der Waals surface area contributed by atoms with Crippen LogP contribution in [-0.4, -0.2) is 42.0 Å². The summed E-state index contributed by atoms with van der Waals surface area (Å²) < 4.78 is 3.33. The van der Waals surface area contributed by atoms with Crippen molar-refractivity contribution < 1.29 is 9.90 Å². The third-order valence-corrected chi connectivity index (χ3v) is 4.72. The van der Waals surface area contributed by atoms with E-state index >= 15 is 0 Å². The largest absolute Gasteiger partial charge is 0.396 e. The van der Waals surface area contributed by atoms with Gasteiger partial charge in [0, 0.05) is 24.6 Å². The summed E-state index contributed by atoms with van der Waals surface area (Å²) in [4.78, 5) is 17.3. The highest BCUT2D eigenvalue weighted by atomic mass is 16.3. The molecule has 0 aliphatic carbocycles. The normalized spacial score (nSPS) is 11.1. The fourth-order valence-corrected chi connectivity index (χ4v) is 3.25. The number of aryl methyl sites for hydroxylation is 2. The van der Waals surface area contributed by atoms with Crippen molar-refractivity contribution >= 4 is 17.4 Å². The highest BCUT2D eigenvalue weighted by molar-refractivity contribution is 6.08. The number of fused-ring (bicyclic) bond motifs is 1. The average molecular weight is 390 g/mol. The molecule has 0 bridgehead atoms. The second kappa shape index (κ2) is 7.84. The molecular formula is C21H22N6O2. The van der Waals surface area contributed by atoms with Crippen LogP contribution in [-0.2, 0) is 13.0 Å². The first-order valence-corrected chi connectivity index (χ1v) is 9.37. The molecule has 0 saturated heterocycles. The zero-order chi connectivity index (χ0) is 20.4. The van der Waals surface area contributed by atoms with E-state index in [0.717, 1.165) is 16.7 Å². The van der Waals surface area contributed by atoms with E-state index in [1.54, 1.807) is 27.8 Å². The predicted molar refractivity (Wildman–Crippen MR) is 109 cm³/mol. The molecule has 0 fully saturated rings. The number of nitrogens with one attached hydrogen (secondary N) is 1. The Morgan fingerprint density at radius 1 is 1.14 bits per heavy atom. The van der Waals surface area contributed by atoms with Crippen LogP contribution in [0.2, 0.25) is 0 Å². The molecule has 2 N–H and O–H groups in total. The Hall–Kier alpha value is -3.52. The summed E-state index contributed by atoms with van der Waals surface area (Å²) >= 11 is 0. The van der Waals surface area contributed by atoms with E-state index in [-0.39, 0.29) is 12.5 Å². The molecule has 1 aromatic carbocycles. The molecule has 4 aromatic rings. The van der Waals surface area contributed by atoms with Crippen molar-refractivity contribution in [3.05, 3.63) is 76.9 Å². The van der Waals surface area contributed by atoms with Gasteiger partial charge >= 0.3 is 0 Å². The molecule has 1 amide bonds. The van der Waals surface area contributed by atoms with Gasteiger partial charge in [-0.15, -0.1) is 0 Å². The van der Waals surface area contributed by atoms with Crippen LogP contribution < -0.4 is 5.32 Å². The maximum Gasteiger partial charge on any atom is 0.262 e. The van der Waals surface area contributed by atoms with Crippen LogP contribution in [0.4, 0.5) is 5.82 Å². The molecule has 0 saturated carbocycles. The number of rotatable bonds is 6. The second-order valence-corrected chi connectivity index (χ2v) is 7.04. The van der Waals surface area contributed by atoms with Crippen LogP contribution >= 0.6 is 0 Å². The lowest BCUT2D eigenvalue weighted by Crippen LogP contribution is -2.17. The molecule has 0 unspecified atom stereocenters. The number of hydrogen-bond acceptors (Lipinski definition) is 5. The molecule has 0 radical (unpaired) electrons. The standard InChI is InChI=1S/C21H22N6O2/c1-14-4-3-5-16(8-14)12-26-19(15(2)9-23-26)25-21(29)18-11-24-27-13-17(6-7-28)10-22-20(18)27/h3-5,8-11,13,28H,6-7,12H2,1-2H3,(H,25,29). The van der Waals surface area contributed by atoms with E-state index in [0.29, 0.717) is 30.0 Å². The first-order valence-electron chi connectivity index (χ1n) is 9.37. The number of aromatic nitrogens is 5. The number of aliphatic hydroxyl groups is 1. The van der Waals surface area contributed by atoms with E-state index in [1.165, 1.54) is 11.8 Å². The molecule has 0 spiro atoms. The monoisotopic (exact) mass is 390 g/mol. The van der Waals surface area contributed by atoms with Gasteiger partial charge in [0.05, 0.1) is 18.9 Å². The SMILES string of the molecule is Cc1cccc(Cn2ncc(C)c2NC(=O)c2cnn3cc(CCO)cnc23)c1. The highest BCUT2D eigenvalue weighted by Gasteiger charge is 2.18. The van der Waals surface area contributed by atoms with Gasteiger partial charge in [0.1, 0.15) is 11.4 Å². The number of hydrogen-bond donors (Lipinski definition) is 2. The molecule has 0 aliphatic rings. The maximum atomic E-state index is 12.9. The van der Waals surface area contributed by atoms with Gasteiger partial charge in [-0.05, 0) is 31.4 Å². The minimum atomic E-state index is -0.295. The number of amides is 1. The Morgan fingerprint density at radius 2 is 2.00 bits per heavy atom. The molecule has 8 nitrogen and oxygen atoms in total. The summed E-state index contributed by atoms with van der Waals surface area (Å²) in [5.41, 5.74) is 4.85. The highest BCUT2D eigenvalue weighted by Crippen LogP contribution is 2.19. The van der Waals surface area contributed by atoms with Crippen molar-refractivity contribution in [3.8, 4) is 0 Å². The van der Waals surface area contributed by atoms with Gasteiger partial charge in [0.25, 0.3) is 5.91 Å². The zero-order valence-corrected chi connectivity index (χ0v) is 16.3. The summed E-state index contributed by atoms with van der Waals surface area (Å²) in [7, 11) is 0. The molecule has 0 aliphatic heterocycles. The first kappa shape index (κ1) is 18.8. The van der Waals surface area contributed by atoms with E-state index in [4.69, 9.17) is 5.11 Å². The Morgan fingerprint density at radius 3 is 2.79 bits per heavy atom. The third-order valence-electron chi connectivity index (χ3n) is 4.72. The first-order chi connectivity index (χ1) is 14.0. The lowest BCUT2D eigenvalue weighted by Gasteiger charge is -2.10. The molecule has 148 valence electrons. The Kier molecular flexibility index (Phi) is 5.09. The van der Waals surface area contributed by atoms with Crippen LogP contribution in [0.5, 0.6) is 0 Å². The van der Waals surface area contributed by atoms with Crippen LogP contribution in [0.1, 0.15) is 32.6 Å². The Bertz CT molecular complexity index is 1180. The summed E-state index contributed by atoms with van der Waals surface area (Å²) in [6, 6.07) is 8.19. The topological polar surface area (TPSA) is 97.3 Å². The molecule has 29 heavy (non-hydrogen) atoms. The second-order valence-electron chi connectivity index (χ2n) is 7.04. The smallest absolute Gasteiger partial charge is 0.262 e. The number of anilines is 1. The van der Waals surface area contributed by atoms with Crippen LogP contribution in [0.15, 0.2) is 49.1 Å². The lowest BCUT2D eigenvalue weighted by atomic mass is 10.1. The van der Waals surface area contributed by atoms with Crippen LogP contribution in [0, 0.1) is 13.8 Å². The van der Waals surface area contributed by atoms with E-state index in [9.17, 15) is 4.79 Å². The average Bonchev–Trinajstić information content (AvgIpc) is 3.26. The predicted octanol–water partition coefficient (Wildman–Crippen LogP) is 2.38. The van der Waals surface area contributed by atoms with E-state index in [2.05, 4.69) is 26.6 Å². The zero-order valence-electron chi connectivity index (χ0n) is 16.3. The van der Waals surface area contributed by atoms with Gasteiger partial charge < -0.3 is 10.4 Å². The van der Waals surface area contributed by atoms with Crippen molar-refractivity contribution in [2.75, 3.05) is 11.9 Å². The number of carbonyl (C=O) groups is 1. The van der Waals surface area contributed by atoms with Crippen molar-refractivity contribution in [1.82, 2.24) is 24.4 Å². The lowest BCUT2D eigenvalue weighted by molar-refractivity contribution is 0.102. The minimum absolute atomic E-state index is 0.0337. The quantitative estimate of drug-likeness (QED) is 0.527. The number of benzene rings is 1. The molecular weight excluding hydrogens is 368 g/mol.